The first-order valence-electron chi connectivity index (χ1n) is 9.16. The third-order valence-electron chi connectivity index (χ3n) is 4.48. The van der Waals surface area contributed by atoms with E-state index in [9.17, 15) is 4.79 Å². The van der Waals surface area contributed by atoms with Crippen LogP contribution in [0.15, 0.2) is 22.7 Å². The van der Waals surface area contributed by atoms with Gasteiger partial charge in [0.1, 0.15) is 0 Å². The Morgan fingerprint density at radius 2 is 1.93 bits per heavy atom. The molecule has 1 aromatic carbocycles. The molecule has 0 unspecified atom stereocenters. The van der Waals surface area contributed by atoms with Crippen LogP contribution in [-0.2, 0) is 23.2 Å². The van der Waals surface area contributed by atoms with E-state index >= 15 is 0 Å². The molecule has 0 saturated carbocycles. The van der Waals surface area contributed by atoms with E-state index in [4.69, 9.17) is 27.7 Å². The fraction of sp³-hybridized carbons (Fsp3) is 0.400. The summed E-state index contributed by atoms with van der Waals surface area (Å²) in [5, 5.41) is 12.2. The minimum absolute atomic E-state index is 0.146. The second-order valence-corrected chi connectivity index (χ2v) is 8.69. The Hall–Kier alpha value is -2.38. The van der Waals surface area contributed by atoms with Crippen LogP contribution in [0.1, 0.15) is 49.4 Å². The highest BCUT2D eigenvalue weighted by atomic mass is 35.5. The lowest BCUT2D eigenvalue weighted by molar-refractivity contribution is -0.120. The number of rotatable bonds is 5. The van der Waals surface area contributed by atoms with Crippen molar-refractivity contribution in [1.29, 1.82) is 0 Å². The Labute approximate surface area is 179 Å². The van der Waals surface area contributed by atoms with Crippen LogP contribution >= 0.6 is 23.2 Å². The molecule has 0 aliphatic heterocycles. The Bertz CT molecular complexity index is 1050. The van der Waals surface area contributed by atoms with Gasteiger partial charge in [0.2, 0.25) is 11.8 Å². The van der Waals surface area contributed by atoms with Crippen LogP contribution in [0.5, 0.6) is 0 Å². The number of hydrogen-bond donors (Lipinski definition) is 1. The Balaban J connectivity index is 1.70. The molecule has 154 valence electrons. The van der Waals surface area contributed by atoms with Crippen LogP contribution in [0.25, 0.3) is 5.69 Å². The van der Waals surface area contributed by atoms with Gasteiger partial charge in [0.15, 0.2) is 5.82 Å². The number of halogens is 2. The second-order valence-electron chi connectivity index (χ2n) is 7.88. The zero-order chi connectivity index (χ0) is 21.3. The molecule has 3 rings (SSSR count). The van der Waals surface area contributed by atoms with E-state index in [1.807, 2.05) is 40.7 Å². The molecule has 1 N–H and O–H groups in total. The summed E-state index contributed by atoms with van der Waals surface area (Å²) in [6.45, 7) is 9.95. The van der Waals surface area contributed by atoms with Gasteiger partial charge in [-0.15, -0.1) is 0 Å². The van der Waals surface area contributed by atoms with Crippen molar-refractivity contribution in [2.75, 3.05) is 0 Å². The predicted octanol–water partition coefficient (Wildman–Crippen LogP) is 4.34. The SMILES string of the molecule is Cc1nn(-c2ccc(Cl)c(Cl)c2)c(C)c1CC(=O)NCc1noc(C(C)(C)C)n1. The maximum Gasteiger partial charge on any atom is 0.232 e. The van der Waals surface area contributed by atoms with Gasteiger partial charge >= 0.3 is 0 Å². The van der Waals surface area contributed by atoms with E-state index in [1.54, 1.807) is 16.8 Å². The molecule has 2 heterocycles. The number of amides is 1. The molecule has 0 aliphatic rings. The van der Waals surface area contributed by atoms with Crippen molar-refractivity contribution in [3.05, 3.63) is 56.9 Å². The monoisotopic (exact) mass is 435 g/mol. The smallest absolute Gasteiger partial charge is 0.232 e. The number of nitrogens with zero attached hydrogens (tertiary/aromatic N) is 4. The van der Waals surface area contributed by atoms with Crippen molar-refractivity contribution < 1.29 is 9.32 Å². The lowest BCUT2D eigenvalue weighted by Crippen LogP contribution is -2.25. The van der Waals surface area contributed by atoms with Crippen LogP contribution in [0.3, 0.4) is 0 Å². The van der Waals surface area contributed by atoms with Crippen molar-refractivity contribution in [3.63, 3.8) is 0 Å². The molecule has 1 amide bonds. The lowest BCUT2D eigenvalue weighted by atomic mass is 9.97. The van der Waals surface area contributed by atoms with Gasteiger partial charge in [0.05, 0.1) is 34.4 Å². The van der Waals surface area contributed by atoms with E-state index in [0.29, 0.717) is 21.8 Å². The zero-order valence-electron chi connectivity index (χ0n) is 17.0. The van der Waals surface area contributed by atoms with E-state index in [-0.39, 0.29) is 24.3 Å². The highest BCUT2D eigenvalue weighted by Gasteiger charge is 2.22. The zero-order valence-corrected chi connectivity index (χ0v) is 18.5. The molecule has 0 fully saturated rings. The van der Waals surface area contributed by atoms with Crippen molar-refractivity contribution in [1.82, 2.24) is 25.2 Å². The normalized spacial score (nSPS) is 11.7. The molecule has 0 bridgehead atoms. The molecule has 2 aromatic heterocycles. The Kier molecular flexibility index (Phi) is 6.00. The average Bonchev–Trinajstić information content (AvgIpc) is 3.23. The summed E-state index contributed by atoms with van der Waals surface area (Å²) >= 11 is 12.1. The number of benzene rings is 1. The Morgan fingerprint density at radius 1 is 1.21 bits per heavy atom. The van der Waals surface area contributed by atoms with Gasteiger partial charge in [-0.2, -0.15) is 10.1 Å². The summed E-state index contributed by atoms with van der Waals surface area (Å²) in [6, 6.07) is 5.30. The second kappa shape index (κ2) is 8.16. The van der Waals surface area contributed by atoms with Gasteiger partial charge in [0, 0.05) is 16.7 Å². The van der Waals surface area contributed by atoms with E-state index in [0.717, 1.165) is 22.6 Å². The first-order valence-corrected chi connectivity index (χ1v) is 9.92. The highest BCUT2D eigenvalue weighted by molar-refractivity contribution is 6.42. The number of aryl methyl sites for hydroxylation is 1. The summed E-state index contributed by atoms with van der Waals surface area (Å²) in [7, 11) is 0. The van der Waals surface area contributed by atoms with Gasteiger partial charge in [-0.25, -0.2) is 4.68 Å². The van der Waals surface area contributed by atoms with Crippen LogP contribution in [-0.4, -0.2) is 25.8 Å². The van der Waals surface area contributed by atoms with Crippen molar-refractivity contribution in [2.24, 2.45) is 0 Å². The van der Waals surface area contributed by atoms with Crippen LogP contribution in [0.4, 0.5) is 0 Å². The average molecular weight is 436 g/mol. The maximum atomic E-state index is 12.5. The molecule has 29 heavy (non-hydrogen) atoms. The third-order valence-corrected chi connectivity index (χ3v) is 5.22. The minimum Gasteiger partial charge on any atom is -0.348 e. The summed E-state index contributed by atoms with van der Waals surface area (Å²) in [5.41, 5.74) is 3.05. The summed E-state index contributed by atoms with van der Waals surface area (Å²) in [4.78, 5) is 16.8. The molecule has 0 saturated heterocycles. The maximum absolute atomic E-state index is 12.5. The standard InChI is InChI=1S/C20H23Cl2N5O2/c1-11-14(12(2)27(25-11)13-6-7-15(21)16(22)8-13)9-18(28)23-10-17-24-19(29-26-17)20(3,4)5/h6-8H,9-10H2,1-5H3,(H,23,28). The molecule has 7 nitrogen and oxygen atoms in total. The van der Waals surface area contributed by atoms with E-state index in [1.165, 1.54) is 0 Å². The van der Waals surface area contributed by atoms with Crippen LogP contribution in [0, 0.1) is 13.8 Å². The first-order chi connectivity index (χ1) is 13.6. The van der Waals surface area contributed by atoms with E-state index < -0.39 is 0 Å². The predicted molar refractivity (Wildman–Crippen MR) is 112 cm³/mol. The lowest BCUT2D eigenvalue weighted by Gasteiger charge is -2.10. The van der Waals surface area contributed by atoms with Crippen LogP contribution < -0.4 is 5.32 Å². The topological polar surface area (TPSA) is 85.8 Å². The quantitative estimate of drug-likeness (QED) is 0.643. The highest BCUT2D eigenvalue weighted by Crippen LogP contribution is 2.26. The van der Waals surface area contributed by atoms with Crippen molar-refractivity contribution in [3.8, 4) is 5.69 Å². The van der Waals surface area contributed by atoms with Gasteiger partial charge in [0.25, 0.3) is 0 Å². The van der Waals surface area contributed by atoms with Crippen molar-refractivity contribution >= 4 is 29.1 Å². The molecule has 0 atom stereocenters. The summed E-state index contributed by atoms with van der Waals surface area (Å²) in [6.07, 6.45) is 0.197. The summed E-state index contributed by atoms with van der Waals surface area (Å²) in [5.74, 6) is 0.839. The summed E-state index contributed by atoms with van der Waals surface area (Å²) < 4.78 is 7.00. The minimum atomic E-state index is -0.234. The number of aromatic nitrogens is 4. The number of carbonyl (C=O) groups excluding carboxylic acids is 1. The molecule has 0 radical (unpaired) electrons. The number of hydrogen-bond acceptors (Lipinski definition) is 5. The van der Waals surface area contributed by atoms with Crippen molar-refractivity contribution in [2.45, 2.75) is 53.0 Å². The molecule has 0 spiro atoms. The fourth-order valence-electron chi connectivity index (χ4n) is 2.83. The van der Waals surface area contributed by atoms with Gasteiger partial charge in [-0.3, -0.25) is 4.79 Å². The largest absolute Gasteiger partial charge is 0.348 e. The first kappa shape index (κ1) is 21.3. The third kappa shape index (κ3) is 4.79. The Morgan fingerprint density at radius 3 is 2.55 bits per heavy atom. The van der Waals surface area contributed by atoms with Crippen LogP contribution in [0.2, 0.25) is 10.0 Å². The number of nitrogens with one attached hydrogen (secondary N) is 1. The molecule has 3 aromatic rings. The molecular weight excluding hydrogens is 413 g/mol. The molecule has 0 aliphatic carbocycles. The van der Waals surface area contributed by atoms with Gasteiger partial charge in [-0.05, 0) is 32.0 Å². The van der Waals surface area contributed by atoms with Gasteiger partial charge in [-0.1, -0.05) is 49.1 Å². The van der Waals surface area contributed by atoms with Gasteiger partial charge < -0.3 is 9.84 Å². The van der Waals surface area contributed by atoms with E-state index in [2.05, 4.69) is 20.6 Å². The molecule has 9 heteroatoms. The molecular formula is C20H23Cl2N5O2. The number of carbonyl (C=O) groups is 1. The fourth-order valence-corrected chi connectivity index (χ4v) is 3.12.